The molecule has 2 rings (SSSR count). The molecular weight excluding hydrogens is 288 g/mol. The van der Waals surface area contributed by atoms with E-state index < -0.39 is 0 Å². The minimum atomic E-state index is -0.250. The minimum Gasteiger partial charge on any atom is -0.396 e. The van der Waals surface area contributed by atoms with Crippen LogP contribution in [0.3, 0.4) is 0 Å². The zero-order chi connectivity index (χ0) is 15.1. The van der Waals surface area contributed by atoms with E-state index in [0.717, 1.165) is 5.56 Å². The molecular formula is C16H15ClN2O2. The molecule has 0 atom stereocenters. The van der Waals surface area contributed by atoms with Crippen LogP contribution in [0.5, 0.6) is 0 Å². The molecule has 0 unspecified atom stereocenters. The van der Waals surface area contributed by atoms with E-state index in [4.69, 9.17) is 16.4 Å². The van der Waals surface area contributed by atoms with Gasteiger partial charge in [0.05, 0.1) is 16.8 Å². The molecule has 4 nitrogen and oxygen atoms in total. The van der Waals surface area contributed by atoms with Crippen molar-refractivity contribution in [1.29, 1.82) is 0 Å². The summed E-state index contributed by atoms with van der Waals surface area (Å²) in [5.74, 6) is -0.250. The average molecular weight is 303 g/mol. The number of carbonyl (C=O) groups is 1. The lowest BCUT2D eigenvalue weighted by atomic mass is 10.2. The Morgan fingerprint density at radius 2 is 2.10 bits per heavy atom. The van der Waals surface area contributed by atoms with Crippen LogP contribution in [0.2, 0.25) is 5.02 Å². The summed E-state index contributed by atoms with van der Waals surface area (Å²) in [6.45, 7) is 2.37. The van der Waals surface area contributed by atoms with Gasteiger partial charge < -0.3 is 10.2 Å². The Hall–Kier alpha value is -2.33. The number of rotatable bonds is 5. The molecule has 0 aliphatic carbocycles. The fourth-order valence-electron chi connectivity index (χ4n) is 1.71. The van der Waals surface area contributed by atoms with Crippen LogP contribution in [0, 0.1) is 0 Å². The molecule has 21 heavy (non-hydrogen) atoms. The van der Waals surface area contributed by atoms with Gasteiger partial charge in [0.1, 0.15) is 6.61 Å². The van der Waals surface area contributed by atoms with Crippen LogP contribution in [-0.4, -0.2) is 18.7 Å². The first-order chi connectivity index (χ1) is 10.2. The number of nitrogens with zero attached hydrogens (tertiary/aromatic N) is 1. The molecule has 0 aliphatic rings. The summed E-state index contributed by atoms with van der Waals surface area (Å²) in [5.41, 5.74) is 1.94. The van der Waals surface area contributed by atoms with Gasteiger partial charge in [0, 0.05) is 5.69 Å². The molecule has 0 aromatic heterocycles. The van der Waals surface area contributed by atoms with Crippen LogP contribution in [-0.2, 0) is 4.84 Å². The van der Waals surface area contributed by atoms with E-state index in [1.165, 1.54) is 0 Å². The molecule has 1 N–H and O–H groups in total. The summed E-state index contributed by atoms with van der Waals surface area (Å²) in [4.78, 5) is 17.1. The summed E-state index contributed by atoms with van der Waals surface area (Å²) in [6.07, 6.45) is 1.59. The Morgan fingerprint density at radius 1 is 1.29 bits per heavy atom. The number of hydrogen-bond donors (Lipinski definition) is 1. The van der Waals surface area contributed by atoms with Gasteiger partial charge >= 0.3 is 0 Å². The molecule has 0 saturated carbocycles. The molecule has 0 heterocycles. The van der Waals surface area contributed by atoms with E-state index >= 15 is 0 Å². The van der Waals surface area contributed by atoms with Crippen LogP contribution in [0.4, 0.5) is 5.69 Å². The maximum atomic E-state index is 12.2. The molecule has 2 aromatic carbocycles. The minimum absolute atomic E-state index is 0.250. The Balaban J connectivity index is 2.11. The Labute approximate surface area is 128 Å². The number of oxime groups is 1. The topological polar surface area (TPSA) is 50.7 Å². The predicted octanol–water partition coefficient (Wildman–Crippen LogP) is 3.96. The summed E-state index contributed by atoms with van der Waals surface area (Å²) >= 11 is 6.00. The van der Waals surface area contributed by atoms with Gasteiger partial charge in [-0.15, -0.1) is 0 Å². The van der Waals surface area contributed by atoms with Crippen LogP contribution in [0.1, 0.15) is 22.8 Å². The third-order valence-corrected chi connectivity index (χ3v) is 3.00. The van der Waals surface area contributed by atoms with Gasteiger partial charge in [0.25, 0.3) is 5.91 Å². The summed E-state index contributed by atoms with van der Waals surface area (Å²) < 4.78 is 0. The maximum absolute atomic E-state index is 12.2. The predicted molar refractivity (Wildman–Crippen MR) is 85.1 cm³/mol. The highest BCUT2D eigenvalue weighted by Crippen LogP contribution is 2.17. The third-order valence-electron chi connectivity index (χ3n) is 2.67. The largest absolute Gasteiger partial charge is 0.396 e. The van der Waals surface area contributed by atoms with Crippen LogP contribution in [0.15, 0.2) is 53.7 Å². The second-order valence-corrected chi connectivity index (χ2v) is 4.62. The first kappa shape index (κ1) is 15.1. The molecule has 2 aromatic rings. The standard InChI is InChI=1S/C16H15ClN2O2/c1-2-21-18-11-12-6-5-7-13(10-12)19-16(20)14-8-3-4-9-15(14)17/h3-11H,2H2,1H3,(H,19,20)/b18-11+. The number of amides is 1. The quantitative estimate of drug-likeness (QED) is 0.671. The number of nitrogens with one attached hydrogen (secondary N) is 1. The van der Waals surface area contributed by atoms with Crippen LogP contribution < -0.4 is 5.32 Å². The van der Waals surface area contributed by atoms with Crippen molar-refractivity contribution >= 4 is 29.4 Å². The lowest BCUT2D eigenvalue weighted by molar-refractivity contribution is 0.102. The number of benzene rings is 2. The van der Waals surface area contributed by atoms with Gasteiger partial charge in [-0.3, -0.25) is 4.79 Å². The SMILES string of the molecule is CCO/N=C/c1cccc(NC(=O)c2ccccc2Cl)c1. The molecule has 1 amide bonds. The Bertz CT molecular complexity index is 656. The van der Waals surface area contributed by atoms with Crippen LogP contribution in [0.25, 0.3) is 0 Å². The molecule has 0 radical (unpaired) electrons. The lowest BCUT2D eigenvalue weighted by Crippen LogP contribution is -2.12. The van der Waals surface area contributed by atoms with Crippen molar-refractivity contribution in [2.24, 2.45) is 5.16 Å². The maximum Gasteiger partial charge on any atom is 0.257 e. The summed E-state index contributed by atoms with van der Waals surface area (Å²) in [5, 5.41) is 7.02. The van der Waals surface area contributed by atoms with Crippen molar-refractivity contribution in [3.05, 3.63) is 64.7 Å². The van der Waals surface area contributed by atoms with Gasteiger partial charge in [-0.05, 0) is 36.8 Å². The first-order valence-corrected chi connectivity index (χ1v) is 6.90. The van der Waals surface area contributed by atoms with Crippen molar-refractivity contribution in [2.45, 2.75) is 6.92 Å². The highest BCUT2D eigenvalue weighted by Gasteiger charge is 2.09. The second kappa shape index (κ2) is 7.45. The van der Waals surface area contributed by atoms with E-state index in [1.54, 1.807) is 42.6 Å². The summed E-state index contributed by atoms with van der Waals surface area (Å²) in [7, 11) is 0. The van der Waals surface area contributed by atoms with E-state index in [9.17, 15) is 4.79 Å². The Morgan fingerprint density at radius 3 is 2.86 bits per heavy atom. The molecule has 0 fully saturated rings. The molecule has 5 heteroatoms. The van der Waals surface area contributed by atoms with Crippen molar-refractivity contribution in [3.63, 3.8) is 0 Å². The number of hydrogen-bond acceptors (Lipinski definition) is 3. The Kier molecular flexibility index (Phi) is 5.35. The highest BCUT2D eigenvalue weighted by atomic mass is 35.5. The zero-order valence-corrected chi connectivity index (χ0v) is 12.3. The van der Waals surface area contributed by atoms with E-state index in [0.29, 0.717) is 22.9 Å². The zero-order valence-electron chi connectivity index (χ0n) is 11.5. The third kappa shape index (κ3) is 4.33. The summed E-state index contributed by atoms with van der Waals surface area (Å²) in [6, 6.07) is 14.2. The normalized spacial score (nSPS) is 10.6. The van der Waals surface area contributed by atoms with Crippen molar-refractivity contribution in [2.75, 3.05) is 11.9 Å². The van der Waals surface area contributed by atoms with Crippen LogP contribution >= 0.6 is 11.6 Å². The fraction of sp³-hybridized carbons (Fsp3) is 0.125. The molecule has 0 spiro atoms. The first-order valence-electron chi connectivity index (χ1n) is 6.52. The number of halogens is 1. The smallest absolute Gasteiger partial charge is 0.257 e. The number of anilines is 1. The van der Waals surface area contributed by atoms with E-state index in [2.05, 4.69) is 10.5 Å². The molecule has 0 aliphatic heterocycles. The molecule has 108 valence electrons. The van der Waals surface area contributed by atoms with E-state index in [1.807, 2.05) is 19.1 Å². The average Bonchev–Trinajstić information content (AvgIpc) is 2.48. The van der Waals surface area contributed by atoms with Crippen molar-refractivity contribution < 1.29 is 9.63 Å². The van der Waals surface area contributed by atoms with Crippen molar-refractivity contribution in [3.8, 4) is 0 Å². The van der Waals surface area contributed by atoms with Gasteiger partial charge in [-0.1, -0.05) is 41.0 Å². The highest BCUT2D eigenvalue weighted by molar-refractivity contribution is 6.34. The second-order valence-electron chi connectivity index (χ2n) is 4.21. The monoisotopic (exact) mass is 302 g/mol. The van der Waals surface area contributed by atoms with E-state index in [-0.39, 0.29) is 5.91 Å². The fourth-order valence-corrected chi connectivity index (χ4v) is 1.93. The van der Waals surface area contributed by atoms with Gasteiger partial charge in [0.2, 0.25) is 0 Å². The van der Waals surface area contributed by atoms with Gasteiger partial charge in [0.15, 0.2) is 0 Å². The molecule has 0 saturated heterocycles. The van der Waals surface area contributed by atoms with Gasteiger partial charge in [-0.25, -0.2) is 0 Å². The lowest BCUT2D eigenvalue weighted by Gasteiger charge is -2.07. The molecule has 0 bridgehead atoms. The van der Waals surface area contributed by atoms with Gasteiger partial charge in [-0.2, -0.15) is 0 Å². The number of carbonyl (C=O) groups excluding carboxylic acids is 1. The van der Waals surface area contributed by atoms with Crippen molar-refractivity contribution in [1.82, 2.24) is 0 Å².